The molecule has 0 unspecified atom stereocenters. The smallest absolute Gasteiger partial charge is 0.253 e. The molecule has 0 radical (unpaired) electrons. The lowest BCUT2D eigenvalue weighted by Gasteiger charge is -2.25. The average molecular weight is 387 g/mol. The van der Waals surface area contributed by atoms with Gasteiger partial charge in [0.15, 0.2) is 0 Å². The zero-order valence-electron chi connectivity index (χ0n) is 16.2. The zero-order valence-corrected chi connectivity index (χ0v) is 17.0. The summed E-state index contributed by atoms with van der Waals surface area (Å²) in [6.07, 6.45) is 0. The third-order valence-electron chi connectivity index (χ3n) is 5.61. The van der Waals surface area contributed by atoms with E-state index in [1.165, 1.54) is 11.6 Å². The van der Waals surface area contributed by atoms with E-state index in [1.54, 1.807) is 19.9 Å². The molecule has 2 aromatic carbocycles. The van der Waals surface area contributed by atoms with Crippen molar-refractivity contribution < 1.29 is 13.2 Å². The van der Waals surface area contributed by atoms with E-state index in [0.29, 0.717) is 24.2 Å². The molecule has 0 aromatic heterocycles. The lowest BCUT2D eigenvalue weighted by Crippen LogP contribution is -2.30. The van der Waals surface area contributed by atoms with E-state index in [-0.39, 0.29) is 22.1 Å². The molecule has 0 spiro atoms. The van der Waals surface area contributed by atoms with E-state index in [0.717, 1.165) is 5.56 Å². The fourth-order valence-corrected chi connectivity index (χ4v) is 4.84. The van der Waals surface area contributed by atoms with E-state index in [2.05, 4.69) is 26.0 Å². The predicted octanol–water partition coefficient (Wildman–Crippen LogP) is 3.22. The molecule has 5 nitrogen and oxygen atoms in total. The van der Waals surface area contributed by atoms with Gasteiger partial charge in [0.05, 0.1) is 4.90 Å². The summed E-state index contributed by atoms with van der Waals surface area (Å²) in [5.74, 6) is 0.0708. The molecule has 1 aliphatic rings. The highest BCUT2D eigenvalue weighted by atomic mass is 32.2. The molecular formula is C21H26N2O3S. The van der Waals surface area contributed by atoms with Crippen LogP contribution >= 0.6 is 0 Å². The van der Waals surface area contributed by atoms with Crippen molar-refractivity contribution in [3.05, 3.63) is 64.7 Å². The monoisotopic (exact) mass is 386 g/mol. The van der Waals surface area contributed by atoms with Gasteiger partial charge in [0.1, 0.15) is 0 Å². The minimum Gasteiger partial charge on any atom is -0.337 e. The molecule has 1 heterocycles. The second-order valence-corrected chi connectivity index (χ2v) is 9.63. The highest BCUT2D eigenvalue weighted by Crippen LogP contribution is 2.42. The van der Waals surface area contributed by atoms with Gasteiger partial charge in [-0.3, -0.25) is 4.79 Å². The molecule has 27 heavy (non-hydrogen) atoms. The Bertz CT molecular complexity index is 982. The normalized spacial score (nSPS) is 19.3. The number of nitrogens with two attached hydrogens (primary N) is 1. The van der Waals surface area contributed by atoms with Crippen molar-refractivity contribution in [3.63, 3.8) is 0 Å². The molecule has 0 saturated carbocycles. The van der Waals surface area contributed by atoms with E-state index in [4.69, 9.17) is 5.14 Å². The molecule has 1 fully saturated rings. The number of amides is 1. The van der Waals surface area contributed by atoms with Gasteiger partial charge < -0.3 is 4.90 Å². The van der Waals surface area contributed by atoms with Crippen LogP contribution in [0.3, 0.4) is 0 Å². The number of sulfonamides is 1. The quantitative estimate of drug-likeness (QED) is 0.879. The van der Waals surface area contributed by atoms with E-state index >= 15 is 0 Å². The molecule has 2 N–H and O–H groups in total. The summed E-state index contributed by atoms with van der Waals surface area (Å²) in [4.78, 5) is 15.0. The number of benzene rings is 2. The highest BCUT2D eigenvalue weighted by molar-refractivity contribution is 7.89. The molecule has 0 aliphatic carbocycles. The summed E-state index contributed by atoms with van der Waals surface area (Å²) in [6, 6.07) is 13.3. The van der Waals surface area contributed by atoms with Crippen molar-refractivity contribution in [2.75, 3.05) is 13.1 Å². The molecular weight excluding hydrogens is 360 g/mol. The lowest BCUT2D eigenvalue weighted by atomic mass is 9.78. The number of rotatable bonds is 3. The summed E-state index contributed by atoms with van der Waals surface area (Å²) >= 11 is 0. The zero-order chi connectivity index (χ0) is 20.0. The summed E-state index contributed by atoms with van der Waals surface area (Å²) in [6.45, 7) is 9.04. The van der Waals surface area contributed by atoms with Crippen LogP contribution in [-0.4, -0.2) is 32.3 Å². The Morgan fingerprint density at radius 2 is 1.78 bits per heavy atom. The first kappa shape index (κ1) is 19.6. The third-order valence-corrected chi connectivity index (χ3v) is 6.64. The molecule has 1 aliphatic heterocycles. The van der Waals surface area contributed by atoms with Crippen molar-refractivity contribution in [1.29, 1.82) is 0 Å². The van der Waals surface area contributed by atoms with E-state index in [9.17, 15) is 13.2 Å². The van der Waals surface area contributed by atoms with Crippen molar-refractivity contribution >= 4 is 15.9 Å². The molecule has 6 heteroatoms. The summed E-state index contributed by atoms with van der Waals surface area (Å²) in [5, 5.41) is 5.34. The van der Waals surface area contributed by atoms with Crippen molar-refractivity contribution in [3.8, 4) is 0 Å². The Hall–Kier alpha value is -2.18. The Labute approximate surface area is 161 Å². The number of carbonyl (C=O) groups is 1. The Balaban J connectivity index is 1.95. The molecule has 1 amide bonds. The van der Waals surface area contributed by atoms with Gasteiger partial charge in [-0.15, -0.1) is 0 Å². The fourth-order valence-electron chi connectivity index (χ4n) is 3.96. The summed E-state index contributed by atoms with van der Waals surface area (Å²) in [7, 11) is -3.88. The maximum absolute atomic E-state index is 13.1. The van der Waals surface area contributed by atoms with Crippen LogP contribution in [0.5, 0.6) is 0 Å². The minimum absolute atomic E-state index is 0.0175. The van der Waals surface area contributed by atoms with Crippen LogP contribution in [0.4, 0.5) is 0 Å². The standard InChI is InChI=1S/C21H26N2O3S/c1-14-10-17(11-19(15(14)2)27(22,25)26)20(24)23-12-18(21(3,4)13-23)16-8-6-5-7-9-16/h5-11,18H,12-13H2,1-4H3,(H2,22,25,26)/t18-/m1/s1. The largest absolute Gasteiger partial charge is 0.337 e. The molecule has 2 aromatic rings. The van der Waals surface area contributed by atoms with Crippen LogP contribution in [0.15, 0.2) is 47.4 Å². The van der Waals surface area contributed by atoms with Crippen LogP contribution < -0.4 is 5.14 Å². The highest BCUT2D eigenvalue weighted by Gasteiger charge is 2.42. The topological polar surface area (TPSA) is 80.5 Å². The second-order valence-electron chi connectivity index (χ2n) is 8.10. The summed E-state index contributed by atoms with van der Waals surface area (Å²) < 4.78 is 23.8. The van der Waals surface area contributed by atoms with Gasteiger partial charge in [0, 0.05) is 24.6 Å². The fraction of sp³-hybridized carbons (Fsp3) is 0.381. The first-order chi connectivity index (χ1) is 12.5. The predicted molar refractivity (Wildman–Crippen MR) is 106 cm³/mol. The molecule has 1 saturated heterocycles. The number of hydrogen-bond donors (Lipinski definition) is 1. The van der Waals surface area contributed by atoms with Gasteiger partial charge in [0.25, 0.3) is 5.91 Å². The van der Waals surface area contributed by atoms with Gasteiger partial charge in [-0.2, -0.15) is 0 Å². The second kappa shape index (κ2) is 6.77. The van der Waals surface area contributed by atoms with Crippen molar-refractivity contribution in [2.24, 2.45) is 10.6 Å². The number of primary sulfonamides is 1. The minimum atomic E-state index is -3.88. The molecule has 1 atom stereocenters. The van der Waals surface area contributed by atoms with Crippen LogP contribution in [0.25, 0.3) is 0 Å². The Morgan fingerprint density at radius 1 is 1.15 bits per heavy atom. The van der Waals surface area contributed by atoms with Gasteiger partial charge in [0.2, 0.25) is 10.0 Å². The molecule has 3 rings (SSSR count). The first-order valence-corrected chi connectivity index (χ1v) is 10.5. The van der Waals surface area contributed by atoms with Crippen molar-refractivity contribution in [2.45, 2.75) is 38.5 Å². The SMILES string of the molecule is Cc1cc(C(=O)N2C[C@H](c3ccccc3)C(C)(C)C2)cc(S(N)(=O)=O)c1C. The maximum Gasteiger partial charge on any atom is 0.253 e. The number of carbonyl (C=O) groups excluding carboxylic acids is 1. The maximum atomic E-state index is 13.1. The molecule has 144 valence electrons. The van der Waals surface area contributed by atoms with Crippen LogP contribution in [0, 0.1) is 19.3 Å². The Kier molecular flexibility index (Phi) is 4.91. The van der Waals surface area contributed by atoms with Crippen molar-refractivity contribution in [1.82, 2.24) is 4.90 Å². The Morgan fingerprint density at radius 3 is 2.37 bits per heavy atom. The number of nitrogens with zero attached hydrogens (tertiary/aromatic N) is 1. The third kappa shape index (κ3) is 3.77. The van der Waals surface area contributed by atoms with Gasteiger partial charge in [-0.05, 0) is 48.1 Å². The average Bonchev–Trinajstić information content (AvgIpc) is 2.91. The van der Waals surface area contributed by atoms with E-state index in [1.807, 2.05) is 23.1 Å². The van der Waals surface area contributed by atoms with Crippen LogP contribution in [0.2, 0.25) is 0 Å². The number of likely N-dealkylation sites (tertiary alicyclic amines) is 1. The molecule has 0 bridgehead atoms. The van der Waals surface area contributed by atoms with Gasteiger partial charge in [-0.1, -0.05) is 44.2 Å². The van der Waals surface area contributed by atoms with E-state index < -0.39 is 10.0 Å². The number of aryl methyl sites for hydroxylation is 1. The van der Waals surface area contributed by atoms with Gasteiger partial charge >= 0.3 is 0 Å². The van der Waals surface area contributed by atoms with Gasteiger partial charge in [-0.25, -0.2) is 13.6 Å². The summed E-state index contributed by atoms with van der Waals surface area (Å²) in [5.41, 5.74) is 2.83. The first-order valence-electron chi connectivity index (χ1n) is 8.99. The van der Waals surface area contributed by atoms with Crippen LogP contribution in [-0.2, 0) is 10.0 Å². The number of hydrogen-bond acceptors (Lipinski definition) is 3. The lowest BCUT2D eigenvalue weighted by molar-refractivity contribution is 0.0777. The van der Waals surface area contributed by atoms with Crippen LogP contribution in [0.1, 0.15) is 46.8 Å².